The van der Waals surface area contributed by atoms with Crippen molar-refractivity contribution >= 4 is 49.8 Å². The summed E-state index contributed by atoms with van der Waals surface area (Å²) in [6, 6.07) is 13.6. The first-order chi connectivity index (χ1) is 17.0. The average Bonchev–Trinajstić information content (AvgIpc) is 3.18. The second-order valence-electron chi connectivity index (χ2n) is 9.54. The fourth-order valence-corrected chi connectivity index (χ4v) is 5.32. The number of carbonyl (C=O) groups is 2. The Labute approximate surface area is 216 Å². The highest BCUT2D eigenvalue weighted by Crippen LogP contribution is 2.25. The van der Waals surface area contributed by atoms with E-state index in [0.717, 1.165) is 32.2 Å². The van der Waals surface area contributed by atoms with Crippen LogP contribution in [0.3, 0.4) is 0 Å². The summed E-state index contributed by atoms with van der Waals surface area (Å²) in [7, 11) is -3.42. The maximum atomic E-state index is 13.4. The van der Waals surface area contributed by atoms with Crippen molar-refractivity contribution in [2.45, 2.75) is 50.2 Å². The normalized spacial score (nSPS) is 15.4. The lowest BCUT2D eigenvalue weighted by Crippen LogP contribution is -2.47. The molecule has 1 aromatic heterocycles. The standard InChI is InChI=1S/C26H31ClN4O4S/c1-17(2)30-12-10-21(11-13-30)29-26(33)24-15-18-14-22(36(3,34)35)8-9-23(18)31(24)16-25(32)28-20-6-4-19(27)5-7-20/h4-9,14-15,17,21H,10-13,16H2,1-3H3,(H,28,32)(H,29,33). The SMILES string of the molecule is CC(C)N1CCC(NC(=O)c2cc3cc(S(C)(=O)=O)ccc3n2CC(=O)Nc2ccc(Cl)cc2)CC1. The number of hydrogen-bond donors (Lipinski definition) is 2. The number of carbonyl (C=O) groups excluding carboxylic acids is 2. The first kappa shape index (κ1) is 26.2. The second-order valence-corrected chi connectivity index (χ2v) is 12.0. The van der Waals surface area contributed by atoms with E-state index in [1.807, 2.05) is 0 Å². The van der Waals surface area contributed by atoms with Crippen molar-refractivity contribution < 1.29 is 18.0 Å². The van der Waals surface area contributed by atoms with Crippen molar-refractivity contribution in [3.63, 3.8) is 0 Å². The van der Waals surface area contributed by atoms with Crippen molar-refractivity contribution in [3.05, 3.63) is 59.2 Å². The molecule has 4 rings (SSSR count). The summed E-state index contributed by atoms with van der Waals surface area (Å²) in [5.74, 6) is -0.601. The molecule has 2 aromatic carbocycles. The molecule has 0 atom stereocenters. The molecule has 1 fully saturated rings. The number of anilines is 1. The van der Waals surface area contributed by atoms with Crippen molar-refractivity contribution in [2.75, 3.05) is 24.7 Å². The molecule has 1 saturated heterocycles. The molecule has 0 saturated carbocycles. The zero-order valence-electron chi connectivity index (χ0n) is 20.6. The molecule has 3 aromatic rings. The minimum Gasteiger partial charge on any atom is -0.348 e. The highest BCUT2D eigenvalue weighted by molar-refractivity contribution is 7.90. The largest absolute Gasteiger partial charge is 0.348 e. The number of nitrogens with zero attached hydrogens (tertiary/aromatic N) is 2. The van der Waals surface area contributed by atoms with E-state index in [9.17, 15) is 18.0 Å². The highest BCUT2D eigenvalue weighted by Gasteiger charge is 2.25. The minimum absolute atomic E-state index is 0.0356. The predicted octanol–water partition coefficient (Wildman–Crippen LogP) is 3.94. The van der Waals surface area contributed by atoms with Gasteiger partial charge in [0.25, 0.3) is 5.91 Å². The van der Waals surface area contributed by atoms with Gasteiger partial charge in [-0.3, -0.25) is 9.59 Å². The lowest BCUT2D eigenvalue weighted by molar-refractivity contribution is -0.116. The number of aromatic nitrogens is 1. The number of fused-ring (bicyclic) bond motifs is 1. The van der Waals surface area contributed by atoms with Gasteiger partial charge in [-0.15, -0.1) is 0 Å². The number of nitrogens with one attached hydrogen (secondary N) is 2. The average molecular weight is 531 g/mol. The molecule has 2 amide bonds. The smallest absolute Gasteiger partial charge is 0.268 e. The first-order valence-electron chi connectivity index (χ1n) is 11.9. The molecule has 0 aliphatic carbocycles. The molecule has 2 N–H and O–H groups in total. The lowest BCUT2D eigenvalue weighted by atomic mass is 10.0. The summed E-state index contributed by atoms with van der Waals surface area (Å²) >= 11 is 5.93. The van der Waals surface area contributed by atoms with Gasteiger partial charge in [0.15, 0.2) is 9.84 Å². The quantitative estimate of drug-likeness (QED) is 0.482. The summed E-state index contributed by atoms with van der Waals surface area (Å²) in [5, 5.41) is 7.08. The second kappa shape index (κ2) is 10.6. The number of likely N-dealkylation sites (tertiary alicyclic amines) is 1. The number of piperidine rings is 1. The molecular formula is C26H31ClN4O4S. The molecular weight excluding hydrogens is 500 g/mol. The van der Waals surface area contributed by atoms with E-state index in [4.69, 9.17) is 11.6 Å². The van der Waals surface area contributed by atoms with Gasteiger partial charge in [0.1, 0.15) is 12.2 Å². The monoisotopic (exact) mass is 530 g/mol. The van der Waals surface area contributed by atoms with Crippen LogP contribution in [-0.4, -0.2) is 61.1 Å². The predicted molar refractivity (Wildman–Crippen MR) is 142 cm³/mol. The molecule has 0 spiro atoms. The molecule has 1 aliphatic rings. The van der Waals surface area contributed by atoms with Crippen LogP contribution in [0.25, 0.3) is 10.9 Å². The third kappa shape index (κ3) is 6.08. The molecule has 2 heterocycles. The number of halogens is 1. The molecule has 0 radical (unpaired) electrons. The highest BCUT2D eigenvalue weighted by atomic mass is 35.5. The van der Waals surface area contributed by atoms with Crippen LogP contribution in [0, 0.1) is 0 Å². The molecule has 10 heteroatoms. The van der Waals surface area contributed by atoms with E-state index in [-0.39, 0.29) is 29.3 Å². The van der Waals surface area contributed by atoms with Crippen LogP contribution in [-0.2, 0) is 21.2 Å². The third-order valence-electron chi connectivity index (χ3n) is 6.56. The molecule has 0 unspecified atom stereocenters. The molecule has 1 aliphatic heterocycles. The Morgan fingerprint density at radius 2 is 1.72 bits per heavy atom. The van der Waals surface area contributed by atoms with Gasteiger partial charge in [-0.25, -0.2) is 8.42 Å². The molecule has 8 nitrogen and oxygen atoms in total. The Morgan fingerprint density at radius 1 is 1.06 bits per heavy atom. The maximum Gasteiger partial charge on any atom is 0.268 e. The number of hydrogen-bond acceptors (Lipinski definition) is 5. The van der Waals surface area contributed by atoms with Crippen LogP contribution in [0.5, 0.6) is 0 Å². The van der Waals surface area contributed by atoms with E-state index in [0.29, 0.717) is 33.3 Å². The number of amides is 2. The van der Waals surface area contributed by atoms with E-state index in [1.165, 1.54) is 12.1 Å². The minimum atomic E-state index is -3.42. The zero-order valence-corrected chi connectivity index (χ0v) is 22.2. The maximum absolute atomic E-state index is 13.4. The third-order valence-corrected chi connectivity index (χ3v) is 7.92. The fourth-order valence-electron chi connectivity index (χ4n) is 4.53. The van der Waals surface area contributed by atoms with Gasteiger partial charge in [0, 0.05) is 53.0 Å². The van der Waals surface area contributed by atoms with E-state index < -0.39 is 9.84 Å². The van der Waals surface area contributed by atoms with Crippen molar-refractivity contribution in [3.8, 4) is 0 Å². The van der Waals surface area contributed by atoms with Gasteiger partial charge in [-0.2, -0.15) is 0 Å². The summed E-state index contributed by atoms with van der Waals surface area (Å²) < 4.78 is 25.8. The van der Waals surface area contributed by atoms with Crippen LogP contribution in [0.15, 0.2) is 53.4 Å². The lowest BCUT2D eigenvalue weighted by Gasteiger charge is -2.34. The Bertz CT molecular complexity index is 1370. The Morgan fingerprint density at radius 3 is 2.33 bits per heavy atom. The van der Waals surface area contributed by atoms with Gasteiger partial charge >= 0.3 is 0 Å². The van der Waals surface area contributed by atoms with Crippen LogP contribution in [0.4, 0.5) is 5.69 Å². The fraction of sp³-hybridized carbons (Fsp3) is 0.385. The van der Waals surface area contributed by atoms with Crippen LogP contribution in [0.2, 0.25) is 5.02 Å². The first-order valence-corrected chi connectivity index (χ1v) is 14.2. The molecule has 36 heavy (non-hydrogen) atoms. The molecule has 192 valence electrons. The van der Waals surface area contributed by atoms with E-state index in [1.54, 1.807) is 41.0 Å². The summed E-state index contributed by atoms with van der Waals surface area (Å²) in [6.45, 7) is 6.03. The summed E-state index contributed by atoms with van der Waals surface area (Å²) in [4.78, 5) is 28.8. The Hall–Kier alpha value is -2.88. The van der Waals surface area contributed by atoms with Crippen molar-refractivity contribution in [2.24, 2.45) is 0 Å². The zero-order chi connectivity index (χ0) is 26.0. The Kier molecular flexibility index (Phi) is 7.73. The number of rotatable bonds is 7. The van der Waals surface area contributed by atoms with E-state index in [2.05, 4.69) is 29.4 Å². The van der Waals surface area contributed by atoms with Crippen LogP contribution in [0.1, 0.15) is 37.2 Å². The van der Waals surface area contributed by atoms with Gasteiger partial charge in [0.05, 0.1) is 4.90 Å². The van der Waals surface area contributed by atoms with Gasteiger partial charge < -0.3 is 20.1 Å². The van der Waals surface area contributed by atoms with Gasteiger partial charge in [-0.1, -0.05) is 11.6 Å². The van der Waals surface area contributed by atoms with Gasteiger partial charge in [-0.05, 0) is 75.2 Å². The van der Waals surface area contributed by atoms with Crippen molar-refractivity contribution in [1.82, 2.24) is 14.8 Å². The topological polar surface area (TPSA) is 101 Å². The number of sulfone groups is 1. The van der Waals surface area contributed by atoms with E-state index >= 15 is 0 Å². The van der Waals surface area contributed by atoms with Crippen molar-refractivity contribution in [1.29, 1.82) is 0 Å². The Balaban J connectivity index is 1.61. The number of benzene rings is 2. The van der Waals surface area contributed by atoms with Crippen LogP contribution < -0.4 is 10.6 Å². The van der Waals surface area contributed by atoms with Gasteiger partial charge in [0.2, 0.25) is 5.91 Å². The van der Waals surface area contributed by atoms with Crippen LogP contribution >= 0.6 is 11.6 Å². The summed E-state index contributed by atoms with van der Waals surface area (Å²) in [6.07, 6.45) is 2.83. The summed E-state index contributed by atoms with van der Waals surface area (Å²) in [5.41, 5.74) is 1.50. The molecule has 0 bridgehead atoms.